The van der Waals surface area contributed by atoms with Gasteiger partial charge in [-0.1, -0.05) is 25.1 Å². The lowest BCUT2D eigenvalue weighted by atomic mass is 10.1. The topological polar surface area (TPSA) is 75.6 Å². The van der Waals surface area contributed by atoms with Crippen LogP contribution >= 0.6 is 0 Å². The molecule has 0 saturated heterocycles. The zero-order chi connectivity index (χ0) is 17.3. The number of benzene rings is 1. The number of nitrogens with one attached hydrogen (secondary N) is 2. The van der Waals surface area contributed by atoms with E-state index in [2.05, 4.69) is 27.5 Å². The number of rotatable bonds is 4. The first kappa shape index (κ1) is 16.0. The number of carbonyl (C=O) groups excluding carboxylic acids is 1. The summed E-state index contributed by atoms with van der Waals surface area (Å²) in [4.78, 5) is 12.5. The van der Waals surface area contributed by atoms with E-state index in [0.717, 1.165) is 40.3 Å². The average Bonchev–Trinajstić information content (AvgIpc) is 3.13. The van der Waals surface area contributed by atoms with Crippen molar-refractivity contribution < 1.29 is 4.79 Å². The van der Waals surface area contributed by atoms with Crippen LogP contribution in [0.4, 0.5) is 5.69 Å². The van der Waals surface area contributed by atoms with Gasteiger partial charge in [-0.3, -0.25) is 14.6 Å². The molecular formula is C18H21N5O. The molecule has 0 atom stereocenters. The molecule has 1 aromatic carbocycles. The molecule has 124 valence electrons. The Balaban J connectivity index is 1.86. The molecule has 6 heteroatoms. The molecule has 3 rings (SSSR count). The third-order valence-corrected chi connectivity index (χ3v) is 4.23. The summed E-state index contributed by atoms with van der Waals surface area (Å²) in [6.45, 7) is 5.99. The van der Waals surface area contributed by atoms with Gasteiger partial charge in [0.25, 0.3) is 5.91 Å². The van der Waals surface area contributed by atoms with Crippen LogP contribution in [-0.2, 0) is 13.5 Å². The van der Waals surface area contributed by atoms with Crippen molar-refractivity contribution in [1.82, 2.24) is 20.0 Å². The van der Waals surface area contributed by atoms with E-state index in [4.69, 9.17) is 0 Å². The van der Waals surface area contributed by atoms with Crippen LogP contribution in [0.1, 0.15) is 34.4 Å². The second-order valence-electron chi connectivity index (χ2n) is 5.80. The van der Waals surface area contributed by atoms with E-state index < -0.39 is 0 Å². The number of aromatic nitrogens is 4. The highest BCUT2D eigenvalue weighted by molar-refractivity contribution is 6.03. The number of H-pyrrole nitrogens is 1. The van der Waals surface area contributed by atoms with Crippen molar-refractivity contribution in [1.29, 1.82) is 0 Å². The van der Waals surface area contributed by atoms with Gasteiger partial charge in [-0.2, -0.15) is 10.2 Å². The summed E-state index contributed by atoms with van der Waals surface area (Å²) in [7, 11) is 1.90. The molecule has 6 nitrogen and oxygen atoms in total. The Hall–Kier alpha value is -2.89. The fourth-order valence-corrected chi connectivity index (χ4v) is 2.85. The highest BCUT2D eigenvalue weighted by atomic mass is 16.1. The van der Waals surface area contributed by atoms with Gasteiger partial charge in [0.2, 0.25) is 0 Å². The molecule has 0 saturated carbocycles. The predicted molar refractivity (Wildman–Crippen MR) is 94.0 cm³/mol. The first-order valence-electron chi connectivity index (χ1n) is 7.96. The normalized spacial score (nSPS) is 10.8. The van der Waals surface area contributed by atoms with E-state index in [1.165, 1.54) is 0 Å². The van der Waals surface area contributed by atoms with Crippen LogP contribution in [0.5, 0.6) is 0 Å². The molecule has 0 fully saturated rings. The molecule has 0 bridgehead atoms. The Labute approximate surface area is 140 Å². The fourth-order valence-electron chi connectivity index (χ4n) is 2.85. The van der Waals surface area contributed by atoms with Crippen molar-refractivity contribution in [3.63, 3.8) is 0 Å². The second-order valence-corrected chi connectivity index (χ2v) is 5.80. The van der Waals surface area contributed by atoms with E-state index in [-0.39, 0.29) is 5.91 Å². The number of para-hydroxylation sites is 1. The molecule has 2 N–H and O–H groups in total. The maximum absolute atomic E-state index is 12.5. The van der Waals surface area contributed by atoms with Crippen molar-refractivity contribution in [3.8, 4) is 11.3 Å². The number of amides is 1. The van der Waals surface area contributed by atoms with Crippen LogP contribution in [0.2, 0.25) is 0 Å². The molecular weight excluding hydrogens is 302 g/mol. The molecule has 1 amide bonds. The maximum Gasteiger partial charge on any atom is 0.273 e. The lowest BCUT2D eigenvalue weighted by molar-refractivity contribution is 0.102. The third-order valence-electron chi connectivity index (χ3n) is 4.23. The Morgan fingerprint density at radius 2 is 2.04 bits per heavy atom. The number of carbonyl (C=O) groups is 1. The standard InChI is InChI=1S/C18H21N5O/c1-5-13-8-6-7-9-14(13)19-18(24)16-10-15(20-21-16)17-11(2)22-23(4)12(17)3/h6-10H,5H2,1-4H3,(H,19,24)(H,20,21). The zero-order valence-electron chi connectivity index (χ0n) is 14.3. The van der Waals surface area contributed by atoms with Gasteiger partial charge in [0.1, 0.15) is 5.69 Å². The van der Waals surface area contributed by atoms with E-state index in [0.29, 0.717) is 5.69 Å². The Kier molecular flexibility index (Phi) is 4.20. The van der Waals surface area contributed by atoms with Crippen LogP contribution < -0.4 is 5.32 Å². The van der Waals surface area contributed by atoms with Gasteiger partial charge >= 0.3 is 0 Å². The van der Waals surface area contributed by atoms with Crippen molar-refractivity contribution in [2.75, 3.05) is 5.32 Å². The minimum atomic E-state index is -0.200. The lowest BCUT2D eigenvalue weighted by Gasteiger charge is -2.08. The Morgan fingerprint density at radius 3 is 2.71 bits per heavy atom. The first-order chi connectivity index (χ1) is 11.5. The maximum atomic E-state index is 12.5. The van der Waals surface area contributed by atoms with E-state index in [9.17, 15) is 4.79 Å². The summed E-state index contributed by atoms with van der Waals surface area (Å²) < 4.78 is 1.82. The summed E-state index contributed by atoms with van der Waals surface area (Å²) in [6, 6.07) is 9.56. The molecule has 0 aliphatic rings. The van der Waals surface area contributed by atoms with Gasteiger partial charge in [0.15, 0.2) is 0 Å². The highest BCUT2D eigenvalue weighted by Gasteiger charge is 2.17. The number of aryl methyl sites for hydroxylation is 3. The molecule has 0 radical (unpaired) electrons. The summed E-state index contributed by atoms with van der Waals surface area (Å²) in [5.41, 5.74) is 5.96. The first-order valence-corrected chi connectivity index (χ1v) is 7.96. The second kappa shape index (κ2) is 6.31. The largest absolute Gasteiger partial charge is 0.320 e. The summed E-state index contributed by atoms with van der Waals surface area (Å²) in [5, 5.41) is 14.5. The van der Waals surface area contributed by atoms with Crippen LogP contribution in [0.3, 0.4) is 0 Å². The molecule has 2 heterocycles. The molecule has 2 aromatic heterocycles. The number of hydrogen-bond donors (Lipinski definition) is 2. The van der Waals surface area contributed by atoms with Crippen LogP contribution in [-0.4, -0.2) is 25.9 Å². The molecule has 3 aromatic rings. The highest BCUT2D eigenvalue weighted by Crippen LogP contribution is 2.25. The van der Waals surface area contributed by atoms with Crippen LogP contribution in [0.25, 0.3) is 11.3 Å². The Morgan fingerprint density at radius 1 is 1.29 bits per heavy atom. The fraction of sp³-hybridized carbons (Fsp3) is 0.278. The molecule has 0 unspecified atom stereocenters. The minimum absolute atomic E-state index is 0.200. The van der Waals surface area contributed by atoms with Crippen molar-refractivity contribution in [2.24, 2.45) is 7.05 Å². The van der Waals surface area contributed by atoms with E-state index in [1.807, 2.05) is 49.8 Å². The van der Waals surface area contributed by atoms with Gasteiger partial charge in [0, 0.05) is 24.0 Å². The summed E-state index contributed by atoms with van der Waals surface area (Å²) in [6.07, 6.45) is 0.860. The quantitative estimate of drug-likeness (QED) is 0.774. The number of aromatic amines is 1. The molecule has 0 aliphatic carbocycles. The third kappa shape index (κ3) is 2.82. The van der Waals surface area contributed by atoms with Gasteiger partial charge in [-0.25, -0.2) is 0 Å². The van der Waals surface area contributed by atoms with Gasteiger partial charge in [-0.15, -0.1) is 0 Å². The molecule has 24 heavy (non-hydrogen) atoms. The van der Waals surface area contributed by atoms with Gasteiger partial charge < -0.3 is 5.32 Å². The van der Waals surface area contributed by atoms with Gasteiger partial charge in [-0.05, 0) is 38.0 Å². The van der Waals surface area contributed by atoms with Crippen molar-refractivity contribution in [3.05, 3.63) is 53.0 Å². The number of nitrogens with zero attached hydrogens (tertiary/aromatic N) is 3. The number of hydrogen-bond acceptors (Lipinski definition) is 3. The smallest absolute Gasteiger partial charge is 0.273 e. The minimum Gasteiger partial charge on any atom is -0.320 e. The van der Waals surface area contributed by atoms with E-state index >= 15 is 0 Å². The van der Waals surface area contributed by atoms with Crippen LogP contribution in [0, 0.1) is 13.8 Å². The SMILES string of the molecule is CCc1ccccc1NC(=O)c1cc(-c2c(C)nn(C)c2C)n[nH]1. The van der Waals surface area contributed by atoms with Crippen molar-refractivity contribution >= 4 is 11.6 Å². The Bertz CT molecular complexity index is 891. The van der Waals surface area contributed by atoms with E-state index in [1.54, 1.807) is 6.07 Å². The molecule has 0 spiro atoms. The van der Waals surface area contributed by atoms with Crippen molar-refractivity contribution in [2.45, 2.75) is 27.2 Å². The monoisotopic (exact) mass is 323 g/mol. The van der Waals surface area contributed by atoms with Gasteiger partial charge in [0.05, 0.1) is 11.4 Å². The lowest BCUT2D eigenvalue weighted by Crippen LogP contribution is -2.13. The summed E-state index contributed by atoms with van der Waals surface area (Å²) in [5.74, 6) is -0.200. The average molecular weight is 323 g/mol. The summed E-state index contributed by atoms with van der Waals surface area (Å²) >= 11 is 0. The zero-order valence-corrected chi connectivity index (χ0v) is 14.3. The number of anilines is 1. The molecule has 0 aliphatic heterocycles. The van der Waals surface area contributed by atoms with Crippen LogP contribution in [0.15, 0.2) is 30.3 Å². The predicted octanol–water partition coefficient (Wildman–Crippen LogP) is 3.24.